The van der Waals surface area contributed by atoms with E-state index in [1.807, 2.05) is 6.07 Å². The van der Waals surface area contributed by atoms with Crippen LogP contribution in [0.15, 0.2) is 29.2 Å². The van der Waals surface area contributed by atoms with Crippen molar-refractivity contribution in [3.05, 3.63) is 45.8 Å². The van der Waals surface area contributed by atoms with Crippen LogP contribution >= 0.6 is 11.3 Å². The van der Waals surface area contributed by atoms with E-state index in [0.717, 1.165) is 24.2 Å². The molecular formula is C21H23N3O6S2. The summed E-state index contributed by atoms with van der Waals surface area (Å²) in [4.78, 5) is 24.8. The summed E-state index contributed by atoms with van der Waals surface area (Å²) in [7, 11) is -0.989. The van der Waals surface area contributed by atoms with E-state index in [1.54, 1.807) is 6.92 Å². The number of hydrogen-bond donors (Lipinski definition) is 1. The normalized spacial score (nSPS) is 16.0. The summed E-state index contributed by atoms with van der Waals surface area (Å²) in [5.74, 6) is -1.12. The maximum Gasteiger partial charge on any atom is 0.348 e. The van der Waals surface area contributed by atoms with Crippen molar-refractivity contribution in [1.82, 2.24) is 4.31 Å². The topological polar surface area (TPSA) is 126 Å². The number of rotatable bonds is 7. The number of likely N-dealkylation sites (N-methyl/N-ethyl adjacent to an activating group) is 1. The zero-order chi connectivity index (χ0) is 23.5. The molecule has 1 atom stereocenters. The fraction of sp³-hybridized carbons (Fsp3) is 0.381. The van der Waals surface area contributed by atoms with Crippen LogP contribution < -0.4 is 5.32 Å². The van der Waals surface area contributed by atoms with Gasteiger partial charge in [0.1, 0.15) is 15.9 Å². The number of benzene rings is 1. The van der Waals surface area contributed by atoms with Gasteiger partial charge >= 0.3 is 5.97 Å². The molecule has 0 bridgehead atoms. The summed E-state index contributed by atoms with van der Waals surface area (Å²) in [5, 5.41) is 12.2. The first-order chi connectivity index (χ1) is 15.2. The van der Waals surface area contributed by atoms with Gasteiger partial charge in [-0.1, -0.05) is 0 Å². The van der Waals surface area contributed by atoms with Crippen LogP contribution in [0.3, 0.4) is 0 Å². The predicted octanol–water partition coefficient (Wildman–Crippen LogP) is 2.77. The highest BCUT2D eigenvalue weighted by atomic mass is 32.2. The van der Waals surface area contributed by atoms with Crippen LogP contribution in [0, 0.1) is 18.3 Å². The Morgan fingerprint density at radius 1 is 1.34 bits per heavy atom. The van der Waals surface area contributed by atoms with E-state index in [2.05, 4.69) is 5.32 Å². The lowest BCUT2D eigenvalue weighted by Gasteiger charge is -2.20. The van der Waals surface area contributed by atoms with Crippen LogP contribution in [0.5, 0.6) is 0 Å². The van der Waals surface area contributed by atoms with Gasteiger partial charge in [0.05, 0.1) is 23.7 Å². The molecule has 0 saturated carbocycles. The molecule has 3 rings (SSSR count). The number of nitrogens with one attached hydrogen (secondary N) is 1. The van der Waals surface area contributed by atoms with E-state index >= 15 is 0 Å². The first-order valence-electron chi connectivity index (χ1n) is 9.80. The molecule has 1 aliphatic heterocycles. The SMILES string of the molecule is COC(=O)c1sc(NC(=O)c2ccc(S(=O)(=O)N(C)CC3CCCO3)cc2)c(C#N)c1C. The van der Waals surface area contributed by atoms with Crippen LogP contribution in [0.25, 0.3) is 0 Å². The molecule has 1 N–H and O–H groups in total. The molecule has 2 heterocycles. The standard InChI is InChI=1S/C21H23N3O6S2/c1-13-17(11-22)20(31-18(13)21(26)29-3)23-19(25)14-6-8-16(9-7-14)32(27,28)24(2)12-15-5-4-10-30-15/h6-9,15H,4-5,10,12H2,1-3H3,(H,23,25). The number of nitriles is 1. The van der Waals surface area contributed by atoms with E-state index in [-0.39, 0.29) is 38.5 Å². The van der Waals surface area contributed by atoms with Gasteiger partial charge in [-0.3, -0.25) is 4.79 Å². The molecule has 2 aromatic rings. The maximum atomic E-state index is 12.8. The summed E-state index contributed by atoms with van der Waals surface area (Å²) >= 11 is 0.949. The Morgan fingerprint density at radius 2 is 2.03 bits per heavy atom. The summed E-state index contributed by atoms with van der Waals surface area (Å²) < 4.78 is 37.1. The maximum absolute atomic E-state index is 12.8. The number of methoxy groups -OCH3 is 1. The molecule has 1 unspecified atom stereocenters. The Hall–Kier alpha value is -2.78. The molecule has 0 aliphatic carbocycles. The fourth-order valence-electron chi connectivity index (χ4n) is 3.33. The molecule has 1 saturated heterocycles. The number of sulfonamides is 1. The van der Waals surface area contributed by atoms with Crippen LogP contribution in [0.1, 0.15) is 44.0 Å². The van der Waals surface area contributed by atoms with Crippen molar-refractivity contribution < 1.29 is 27.5 Å². The zero-order valence-corrected chi connectivity index (χ0v) is 19.5. The number of carbonyl (C=O) groups excluding carboxylic acids is 2. The molecule has 11 heteroatoms. The Labute approximate surface area is 190 Å². The number of esters is 1. The third-order valence-corrected chi connectivity index (χ3v) is 8.19. The summed E-state index contributed by atoms with van der Waals surface area (Å²) in [6.07, 6.45) is 1.63. The van der Waals surface area contributed by atoms with Crippen LogP contribution in [0.4, 0.5) is 5.00 Å². The van der Waals surface area contributed by atoms with Gasteiger partial charge in [0.25, 0.3) is 5.91 Å². The molecule has 0 radical (unpaired) electrons. The number of amides is 1. The Bertz CT molecular complexity index is 1160. The summed E-state index contributed by atoms with van der Waals surface area (Å²) in [5.41, 5.74) is 0.814. The molecule has 1 aliphatic rings. The first-order valence-corrected chi connectivity index (χ1v) is 12.1. The van der Waals surface area contributed by atoms with Gasteiger partial charge in [0.15, 0.2) is 0 Å². The Morgan fingerprint density at radius 3 is 2.59 bits per heavy atom. The third kappa shape index (κ3) is 4.83. The minimum absolute atomic E-state index is 0.0622. The predicted molar refractivity (Wildman–Crippen MR) is 118 cm³/mol. The van der Waals surface area contributed by atoms with Crippen LogP contribution in [-0.2, 0) is 19.5 Å². The van der Waals surface area contributed by atoms with Crippen molar-refractivity contribution >= 4 is 38.2 Å². The number of thiophene rings is 1. The van der Waals surface area contributed by atoms with Gasteiger partial charge < -0.3 is 14.8 Å². The highest BCUT2D eigenvalue weighted by Gasteiger charge is 2.27. The Balaban J connectivity index is 1.76. The average molecular weight is 478 g/mol. The molecule has 1 amide bonds. The quantitative estimate of drug-likeness (QED) is 0.608. The highest BCUT2D eigenvalue weighted by molar-refractivity contribution is 7.89. The molecule has 1 aromatic heterocycles. The first kappa shape index (κ1) is 23.9. The summed E-state index contributed by atoms with van der Waals surface area (Å²) in [6.45, 7) is 2.51. The van der Waals surface area contributed by atoms with Gasteiger partial charge in [0.2, 0.25) is 10.0 Å². The monoisotopic (exact) mass is 477 g/mol. The lowest BCUT2D eigenvalue weighted by molar-refractivity contribution is 0.0605. The molecule has 170 valence electrons. The molecule has 32 heavy (non-hydrogen) atoms. The molecule has 0 spiro atoms. The zero-order valence-electron chi connectivity index (χ0n) is 17.9. The van der Waals surface area contributed by atoms with Gasteiger partial charge in [-0.2, -0.15) is 9.57 Å². The molecule has 9 nitrogen and oxygen atoms in total. The van der Waals surface area contributed by atoms with Crippen LogP contribution in [-0.4, -0.2) is 58.0 Å². The second-order valence-electron chi connectivity index (χ2n) is 7.26. The van der Waals surface area contributed by atoms with E-state index in [1.165, 1.54) is 42.7 Å². The number of ether oxygens (including phenoxy) is 2. The fourth-order valence-corrected chi connectivity index (χ4v) is 5.60. The second kappa shape index (κ2) is 9.79. The van der Waals surface area contributed by atoms with Gasteiger partial charge in [-0.15, -0.1) is 11.3 Å². The largest absolute Gasteiger partial charge is 0.465 e. The van der Waals surface area contributed by atoms with Crippen molar-refractivity contribution in [3.8, 4) is 6.07 Å². The van der Waals surface area contributed by atoms with E-state index in [4.69, 9.17) is 9.47 Å². The van der Waals surface area contributed by atoms with Gasteiger partial charge in [-0.25, -0.2) is 13.2 Å². The Kier molecular flexibility index (Phi) is 7.30. The summed E-state index contributed by atoms with van der Waals surface area (Å²) in [6, 6.07) is 7.51. The number of carbonyl (C=O) groups is 2. The van der Waals surface area contributed by atoms with Crippen molar-refractivity contribution in [2.75, 3.05) is 32.6 Å². The average Bonchev–Trinajstić information content (AvgIpc) is 3.40. The van der Waals surface area contributed by atoms with E-state index in [9.17, 15) is 23.3 Å². The van der Waals surface area contributed by atoms with Crippen LogP contribution in [0.2, 0.25) is 0 Å². The second-order valence-corrected chi connectivity index (χ2v) is 10.3. The highest BCUT2D eigenvalue weighted by Crippen LogP contribution is 2.33. The number of anilines is 1. The molecular weight excluding hydrogens is 454 g/mol. The lowest BCUT2D eigenvalue weighted by Crippen LogP contribution is -2.34. The van der Waals surface area contributed by atoms with Crippen molar-refractivity contribution in [2.24, 2.45) is 0 Å². The molecule has 1 aromatic carbocycles. The van der Waals surface area contributed by atoms with Crippen molar-refractivity contribution in [1.29, 1.82) is 5.26 Å². The smallest absolute Gasteiger partial charge is 0.348 e. The minimum atomic E-state index is -3.72. The third-order valence-electron chi connectivity index (χ3n) is 5.17. The minimum Gasteiger partial charge on any atom is -0.465 e. The van der Waals surface area contributed by atoms with Crippen molar-refractivity contribution in [2.45, 2.75) is 30.8 Å². The number of hydrogen-bond acceptors (Lipinski definition) is 8. The van der Waals surface area contributed by atoms with E-state index in [0.29, 0.717) is 12.2 Å². The van der Waals surface area contributed by atoms with Gasteiger partial charge in [0, 0.05) is 25.8 Å². The van der Waals surface area contributed by atoms with E-state index < -0.39 is 21.9 Å². The lowest BCUT2D eigenvalue weighted by atomic mass is 10.1. The van der Waals surface area contributed by atoms with Gasteiger partial charge in [-0.05, 0) is 49.6 Å². The molecule has 1 fully saturated rings. The number of nitrogens with zero attached hydrogens (tertiary/aromatic N) is 2. The van der Waals surface area contributed by atoms with Crippen molar-refractivity contribution in [3.63, 3.8) is 0 Å².